The molecule has 6 aromatic rings. The van der Waals surface area contributed by atoms with Crippen LogP contribution in [0.2, 0.25) is 0 Å². The molecular weight excluding hydrogens is 548 g/mol. The Bertz CT molecular complexity index is 2190. The molecular formula is C41H32N4. The van der Waals surface area contributed by atoms with Gasteiger partial charge in [0.2, 0.25) is 0 Å². The Hall–Kier alpha value is -5.74. The van der Waals surface area contributed by atoms with E-state index < -0.39 is 0 Å². The summed E-state index contributed by atoms with van der Waals surface area (Å²) in [6.07, 6.45) is 18.9. The van der Waals surface area contributed by atoms with Crippen molar-refractivity contribution in [2.75, 3.05) is 4.90 Å². The van der Waals surface area contributed by atoms with Gasteiger partial charge in [-0.25, -0.2) is 0 Å². The lowest BCUT2D eigenvalue weighted by Crippen LogP contribution is -2.28. The van der Waals surface area contributed by atoms with Crippen LogP contribution in [0.1, 0.15) is 17.3 Å². The lowest BCUT2D eigenvalue weighted by atomic mass is 9.94. The minimum absolute atomic E-state index is 0.202. The highest BCUT2D eigenvalue weighted by atomic mass is 15.2. The molecule has 0 amide bonds. The van der Waals surface area contributed by atoms with E-state index in [1.807, 2.05) is 24.4 Å². The van der Waals surface area contributed by atoms with E-state index in [0.29, 0.717) is 6.42 Å². The summed E-state index contributed by atoms with van der Waals surface area (Å²) in [4.78, 5) is 12.3. The van der Waals surface area contributed by atoms with E-state index in [1.165, 1.54) is 27.2 Å². The molecule has 216 valence electrons. The number of fused-ring (bicyclic) bond motifs is 6. The van der Waals surface area contributed by atoms with Crippen molar-refractivity contribution in [3.8, 4) is 22.4 Å². The van der Waals surface area contributed by atoms with Crippen LogP contribution in [-0.4, -0.2) is 16.0 Å². The van der Waals surface area contributed by atoms with Crippen LogP contribution in [0.25, 0.3) is 43.9 Å². The Balaban J connectivity index is 1.22. The maximum atomic E-state index is 5.56. The number of aromatic nitrogens is 2. The molecule has 4 nitrogen and oxygen atoms in total. The molecule has 4 heteroatoms. The fraction of sp³-hybridized carbons (Fsp3) is 0.0732. The summed E-state index contributed by atoms with van der Waals surface area (Å²) in [6.45, 7) is 0. The van der Waals surface area contributed by atoms with Gasteiger partial charge in [0, 0.05) is 35.5 Å². The van der Waals surface area contributed by atoms with Gasteiger partial charge in [-0.3, -0.25) is 9.97 Å². The summed E-state index contributed by atoms with van der Waals surface area (Å²) in [5.74, 6) is 0.244. The number of pyridine rings is 2. The molecule has 2 aliphatic rings. The van der Waals surface area contributed by atoms with Crippen molar-refractivity contribution in [3.05, 3.63) is 169 Å². The number of nitrogens with two attached hydrogens (primary N) is 1. The summed E-state index contributed by atoms with van der Waals surface area (Å²) >= 11 is 0. The van der Waals surface area contributed by atoms with Crippen molar-refractivity contribution in [3.63, 3.8) is 0 Å². The molecule has 1 aliphatic heterocycles. The molecule has 0 saturated heterocycles. The first-order valence-corrected chi connectivity index (χ1v) is 15.4. The van der Waals surface area contributed by atoms with E-state index in [-0.39, 0.29) is 12.0 Å². The predicted molar refractivity (Wildman–Crippen MR) is 187 cm³/mol. The van der Waals surface area contributed by atoms with Gasteiger partial charge in [0.05, 0.1) is 23.1 Å². The van der Waals surface area contributed by atoms with E-state index in [0.717, 1.165) is 39.5 Å². The highest BCUT2D eigenvalue weighted by Gasteiger charge is 2.38. The molecule has 2 atom stereocenters. The van der Waals surface area contributed by atoms with Gasteiger partial charge in [0.15, 0.2) is 0 Å². The highest BCUT2D eigenvalue weighted by Crippen LogP contribution is 2.47. The van der Waals surface area contributed by atoms with Crippen molar-refractivity contribution < 1.29 is 0 Å². The number of allylic oxidation sites excluding steroid dienone is 5. The van der Waals surface area contributed by atoms with E-state index in [9.17, 15) is 0 Å². The Kier molecular flexibility index (Phi) is 6.80. The Morgan fingerprint density at radius 3 is 2.56 bits per heavy atom. The molecule has 2 N–H and O–H groups in total. The monoisotopic (exact) mass is 580 g/mol. The largest absolute Gasteiger partial charge is 0.405 e. The van der Waals surface area contributed by atoms with Crippen molar-refractivity contribution in [1.29, 1.82) is 0 Å². The second kappa shape index (κ2) is 11.4. The molecule has 0 radical (unpaired) electrons. The third-order valence-corrected chi connectivity index (χ3v) is 8.86. The van der Waals surface area contributed by atoms with Crippen LogP contribution in [0.5, 0.6) is 0 Å². The molecule has 0 fully saturated rings. The zero-order chi connectivity index (χ0) is 30.2. The highest BCUT2D eigenvalue weighted by molar-refractivity contribution is 6.08. The zero-order valence-electron chi connectivity index (χ0n) is 24.8. The number of benzene rings is 4. The molecule has 0 bridgehead atoms. The fourth-order valence-electron chi connectivity index (χ4n) is 6.78. The van der Waals surface area contributed by atoms with Gasteiger partial charge >= 0.3 is 0 Å². The van der Waals surface area contributed by atoms with E-state index in [4.69, 9.17) is 15.7 Å². The second-order valence-corrected chi connectivity index (χ2v) is 11.6. The van der Waals surface area contributed by atoms with Crippen molar-refractivity contribution in [1.82, 2.24) is 9.97 Å². The van der Waals surface area contributed by atoms with Crippen LogP contribution in [0.15, 0.2) is 158 Å². The third kappa shape index (κ3) is 4.91. The number of anilines is 2. The SMILES string of the molecule is N/C=C\C=C/Cc1cc(-c2cccc(N3c4cccnc4C4C=CC=CC43)c2)cc(-c2ccc3c(ccc4ccccc43)c2)n1. The molecule has 2 unspecified atom stereocenters. The number of hydrogen-bond acceptors (Lipinski definition) is 4. The lowest BCUT2D eigenvalue weighted by Gasteiger charge is -2.28. The van der Waals surface area contributed by atoms with Gasteiger partial charge in [-0.15, -0.1) is 0 Å². The van der Waals surface area contributed by atoms with Gasteiger partial charge in [0.1, 0.15) is 0 Å². The normalized spacial score (nSPS) is 17.1. The Morgan fingerprint density at radius 2 is 1.60 bits per heavy atom. The molecule has 45 heavy (non-hydrogen) atoms. The average Bonchev–Trinajstić information content (AvgIpc) is 3.44. The molecule has 4 aromatic carbocycles. The average molecular weight is 581 g/mol. The number of rotatable bonds is 6. The quantitative estimate of drug-likeness (QED) is 0.157. The summed E-state index contributed by atoms with van der Waals surface area (Å²) in [5, 5.41) is 4.98. The first kappa shape index (κ1) is 26.9. The van der Waals surface area contributed by atoms with Crippen LogP contribution >= 0.6 is 0 Å². The smallest absolute Gasteiger partial charge is 0.0733 e. The summed E-state index contributed by atoms with van der Waals surface area (Å²) in [7, 11) is 0. The van der Waals surface area contributed by atoms with Gasteiger partial charge < -0.3 is 10.6 Å². The zero-order valence-corrected chi connectivity index (χ0v) is 24.8. The van der Waals surface area contributed by atoms with Crippen molar-refractivity contribution in [2.24, 2.45) is 5.73 Å². The lowest BCUT2D eigenvalue weighted by molar-refractivity contribution is 0.732. The maximum Gasteiger partial charge on any atom is 0.0733 e. The molecule has 2 aromatic heterocycles. The summed E-state index contributed by atoms with van der Waals surface area (Å²) < 4.78 is 0. The van der Waals surface area contributed by atoms with Crippen molar-refractivity contribution in [2.45, 2.75) is 18.4 Å². The predicted octanol–water partition coefficient (Wildman–Crippen LogP) is 9.42. The summed E-state index contributed by atoms with van der Waals surface area (Å²) in [5.41, 5.74) is 14.4. The van der Waals surface area contributed by atoms with Crippen LogP contribution in [0.3, 0.4) is 0 Å². The van der Waals surface area contributed by atoms with Crippen LogP contribution in [-0.2, 0) is 6.42 Å². The van der Waals surface area contributed by atoms with E-state index >= 15 is 0 Å². The molecule has 0 saturated carbocycles. The van der Waals surface area contributed by atoms with E-state index in [2.05, 4.69) is 132 Å². The minimum Gasteiger partial charge on any atom is -0.405 e. The van der Waals surface area contributed by atoms with Gasteiger partial charge in [0.25, 0.3) is 0 Å². The maximum absolute atomic E-state index is 5.56. The van der Waals surface area contributed by atoms with Gasteiger partial charge in [-0.05, 0) is 87.4 Å². The summed E-state index contributed by atoms with van der Waals surface area (Å²) in [6, 6.07) is 37.4. The third-order valence-electron chi connectivity index (χ3n) is 8.86. The topological polar surface area (TPSA) is 55.0 Å². The van der Waals surface area contributed by atoms with E-state index in [1.54, 1.807) is 6.20 Å². The molecule has 1 aliphatic carbocycles. The molecule has 0 spiro atoms. The van der Waals surface area contributed by atoms with Gasteiger partial charge in [-0.2, -0.15) is 0 Å². The fourth-order valence-corrected chi connectivity index (χ4v) is 6.78. The standard InChI is InChI=1S/C41H32N4/c42-22-7-1-2-12-33-25-32(27-38(44-33)31-20-21-36-30(24-31)19-18-28-10-3-4-14-35(28)36)29-11-8-13-34(26-29)45-39-16-6-5-15-37(39)41-40(45)17-9-23-43-41/h1-11,13-27,37,39H,12,42H2/b2-1-,22-7-. The number of nitrogens with zero attached hydrogens (tertiary/aromatic N) is 3. The molecule has 3 heterocycles. The Labute approximate surface area is 263 Å². The second-order valence-electron chi connectivity index (χ2n) is 11.6. The first-order valence-electron chi connectivity index (χ1n) is 15.4. The first-order chi connectivity index (χ1) is 22.3. The van der Waals surface area contributed by atoms with Crippen molar-refractivity contribution >= 4 is 32.9 Å². The van der Waals surface area contributed by atoms with Crippen LogP contribution < -0.4 is 10.6 Å². The molecule has 8 rings (SSSR count). The minimum atomic E-state index is 0.202. The van der Waals surface area contributed by atoms with Crippen LogP contribution in [0.4, 0.5) is 11.4 Å². The Morgan fingerprint density at radius 1 is 0.711 bits per heavy atom. The van der Waals surface area contributed by atoms with Gasteiger partial charge in [-0.1, -0.05) is 97.1 Å². The van der Waals surface area contributed by atoms with Crippen LogP contribution in [0, 0.1) is 0 Å². The number of hydrogen-bond donors (Lipinski definition) is 1.